The van der Waals surface area contributed by atoms with Crippen LogP contribution in [-0.2, 0) is 9.47 Å². The average molecular weight is 408 g/mol. The average Bonchev–Trinajstić information content (AvgIpc) is 2.43. The van der Waals surface area contributed by atoms with E-state index < -0.39 is 0 Å². The molecule has 2 rings (SSSR count). The van der Waals surface area contributed by atoms with Crippen molar-refractivity contribution < 1.29 is 19.1 Å². The molecule has 1 fully saturated rings. The predicted octanol–water partition coefficient (Wildman–Crippen LogP) is 2.50. The third-order valence-corrected chi connectivity index (χ3v) is 4.70. The third-order valence-electron chi connectivity index (χ3n) is 3.83. The molecule has 1 heterocycles. The third kappa shape index (κ3) is 6.24. The molecule has 0 aromatic heterocycles. The Morgan fingerprint density at radius 3 is 2.57 bits per heavy atom. The molecule has 1 aromatic rings. The number of hydrogen-bond acceptors (Lipinski definition) is 3. The summed E-state index contributed by atoms with van der Waals surface area (Å²) in [4.78, 5) is 1.54. The molecule has 0 amide bonds. The van der Waals surface area contributed by atoms with E-state index in [-0.39, 0.29) is 0 Å². The Bertz CT molecular complexity index is 482. The summed E-state index contributed by atoms with van der Waals surface area (Å²) < 4.78 is 18.0. The number of ether oxygens (including phenoxy) is 3. The van der Waals surface area contributed by atoms with Gasteiger partial charge in [0.15, 0.2) is 5.75 Å². The number of nitrogens with one attached hydrogen (secondary N) is 1. The summed E-state index contributed by atoms with van der Waals surface area (Å²) >= 11 is 9.67. The minimum Gasteiger partial charge on any atom is -0.488 e. The van der Waals surface area contributed by atoms with Crippen molar-refractivity contribution in [3.05, 3.63) is 27.2 Å². The molecule has 2 atom stereocenters. The maximum absolute atomic E-state index is 6.19. The number of quaternary nitrogens is 1. The van der Waals surface area contributed by atoms with Gasteiger partial charge in [0.05, 0.1) is 22.7 Å². The van der Waals surface area contributed by atoms with Crippen molar-refractivity contribution in [2.75, 3.05) is 39.5 Å². The highest BCUT2D eigenvalue weighted by molar-refractivity contribution is 9.10. The first-order chi connectivity index (χ1) is 11.0. The highest BCUT2D eigenvalue weighted by Crippen LogP contribution is 2.34. The van der Waals surface area contributed by atoms with Crippen LogP contribution in [0.15, 0.2) is 16.6 Å². The van der Waals surface area contributed by atoms with Crippen molar-refractivity contribution in [1.82, 2.24) is 0 Å². The number of morpholine rings is 1. The molecule has 23 heavy (non-hydrogen) atoms. The molecule has 0 bridgehead atoms. The Labute approximate surface area is 152 Å². The van der Waals surface area contributed by atoms with E-state index >= 15 is 0 Å². The van der Waals surface area contributed by atoms with Gasteiger partial charge in [-0.25, -0.2) is 0 Å². The molecule has 0 radical (unpaired) electrons. The van der Waals surface area contributed by atoms with Crippen LogP contribution in [-0.4, -0.2) is 51.7 Å². The Morgan fingerprint density at radius 2 is 1.91 bits per heavy atom. The summed E-state index contributed by atoms with van der Waals surface area (Å²) in [5, 5.41) is 0.623. The number of halogens is 2. The normalized spacial score (nSPS) is 24.7. The van der Waals surface area contributed by atoms with Gasteiger partial charge in [0.1, 0.15) is 38.4 Å². The molecule has 0 unspecified atom stereocenters. The lowest BCUT2D eigenvalue weighted by atomic mass is 10.2. The minimum atomic E-state index is 0.332. The van der Waals surface area contributed by atoms with E-state index in [2.05, 4.69) is 29.8 Å². The fourth-order valence-corrected chi connectivity index (χ4v) is 4.07. The number of hydrogen-bond donors (Lipinski definition) is 1. The molecule has 4 nitrogen and oxygen atoms in total. The van der Waals surface area contributed by atoms with Crippen molar-refractivity contribution in [3.63, 3.8) is 0 Å². The van der Waals surface area contributed by atoms with Crippen LogP contribution in [0, 0.1) is 6.92 Å². The molecule has 1 aliphatic rings. The van der Waals surface area contributed by atoms with E-state index in [9.17, 15) is 0 Å². The predicted molar refractivity (Wildman–Crippen MR) is 95.8 cm³/mol. The Kier molecular flexibility index (Phi) is 7.63. The largest absolute Gasteiger partial charge is 0.488 e. The zero-order valence-corrected chi connectivity index (χ0v) is 16.4. The molecule has 1 aliphatic heterocycles. The van der Waals surface area contributed by atoms with Gasteiger partial charge in [-0.3, -0.25) is 0 Å². The summed E-state index contributed by atoms with van der Waals surface area (Å²) in [6.45, 7) is 11.2. The molecule has 130 valence electrons. The van der Waals surface area contributed by atoms with Gasteiger partial charge in [0.25, 0.3) is 0 Å². The van der Waals surface area contributed by atoms with Crippen molar-refractivity contribution in [1.29, 1.82) is 0 Å². The topological polar surface area (TPSA) is 32.1 Å². The summed E-state index contributed by atoms with van der Waals surface area (Å²) in [5.41, 5.74) is 1.10. The molecular formula is C17H26BrClNO3+. The molecule has 1 saturated heterocycles. The number of rotatable bonds is 7. The van der Waals surface area contributed by atoms with Crippen molar-refractivity contribution in [3.8, 4) is 5.75 Å². The second-order valence-electron chi connectivity index (χ2n) is 6.18. The lowest BCUT2D eigenvalue weighted by Crippen LogP contribution is -3.15. The van der Waals surface area contributed by atoms with Crippen LogP contribution in [0.1, 0.15) is 19.4 Å². The summed E-state index contributed by atoms with van der Waals surface area (Å²) in [6, 6.07) is 3.89. The van der Waals surface area contributed by atoms with E-state index in [1.54, 1.807) is 4.90 Å². The van der Waals surface area contributed by atoms with Gasteiger partial charge in [-0.15, -0.1) is 0 Å². The quantitative estimate of drug-likeness (QED) is 0.705. The lowest BCUT2D eigenvalue weighted by Gasteiger charge is -2.32. The smallest absolute Gasteiger partial charge is 0.152 e. The first-order valence-corrected chi connectivity index (χ1v) is 9.28. The van der Waals surface area contributed by atoms with Crippen LogP contribution < -0.4 is 9.64 Å². The first-order valence-electron chi connectivity index (χ1n) is 8.11. The van der Waals surface area contributed by atoms with E-state index in [4.69, 9.17) is 25.8 Å². The van der Waals surface area contributed by atoms with Gasteiger partial charge in [-0.1, -0.05) is 11.6 Å². The molecular weight excluding hydrogens is 382 g/mol. The van der Waals surface area contributed by atoms with Gasteiger partial charge < -0.3 is 19.1 Å². The van der Waals surface area contributed by atoms with Crippen LogP contribution in [0.4, 0.5) is 0 Å². The minimum absolute atomic E-state index is 0.332. The van der Waals surface area contributed by atoms with Crippen molar-refractivity contribution >= 4 is 27.5 Å². The fourth-order valence-electron chi connectivity index (χ4n) is 2.94. The van der Waals surface area contributed by atoms with Crippen LogP contribution in [0.25, 0.3) is 0 Å². The monoisotopic (exact) mass is 406 g/mol. The second kappa shape index (κ2) is 9.23. The number of benzene rings is 1. The maximum Gasteiger partial charge on any atom is 0.152 e. The van der Waals surface area contributed by atoms with Gasteiger partial charge in [0.2, 0.25) is 0 Å². The van der Waals surface area contributed by atoms with Crippen LogP contribution in [0.3, 0.4) is 0 Å². The molecule has 0 aliphatic carbocycles. The highest BCUT2D eigenvalue weighted by atomic mass is 79.9. The summed E-state index contributed by atoms with van der Waals surface area (Å²) in [6.07, 6.45) is 0.663. The van der Waals surface area contributed by atoms with Crippen LogP contribution in [0.2, 0.25) is 5.02 Å². The Balaban J connectivity index is 1.63. The van der Waals surface area contributed by atoms with E-state index in [0.29, 0.717) is 36.2 Å². The van der Waals surface area contributed by atoms with Gasteiger partial charge in [-0.05, 0) is 54.4 Å². The standard InChI is InChI=1S/C17H25BrClNO3/c1-12-8-15(18)17(16(19)9-12)22-7-6-21-5-4-20-10-13(2)23-14(3)11-20/h8-9,13-14H,4-7,10-11H2,1-3H3/p+1/t13-,14-/m0/s1. The highest BCUT2D eigenvalue weighted by Gasteiger charge is 2.24. The Hall–Kier alpha value is -0.330. The fraction of sp³-hybridized carbons (Fsp3) is 0.647. The molecule has 6 heteroatoms. The van der Waals surface area contributed by atoms with Gasteiger partial charge >= 0.3 is 0 Å². The first kappa shape index (κ1) is 19.0. The van der Waals surface area contributed by atoms with E-state index in [1.165, 1.54) is 0 Å². The van der Waals surface area contributed by atoms with Gasteiger partial charge in [0, 0.05) is 0 Å². The molecule has 1 aromatic carbocycles. The van der Waals surface area contributed by atoms with Crippen molar-refractivity contribution in [2.24, 2.45) is 0 Å². The summed E-state index contributed by atoms with van der Waals surface area (Å²) in [5.74, 6) is 0.683. The van der Waals surface area contributed by atoms with Crippen LogP contribution >= 0.6 is 27.5 Å². The Morgan fingerprint density at radius 1 is 1.22 bits per heavy atom. The maximum atomic E-state index is 6.19. The summed E-state index contributed by atoms with van der Waals surface area (Å²) in [7, 11) is 0. The molecule has 0 spiro atoms. The lowest BCUT2D eigenvalue weighted by molar-refractivity contribution is -0.915. The molecule has 1 N–H and O–H groups in total. The second-order valence-corrected chi connectivity index (χ2v) is 7.45. The van der Waals surface area contributed by atoms with E-state index in [1.807, 2.05) is 19.1 Å². The molecule has 0 saturated carbocycles. The SMILES string of the molecule is Cc1cc(Cl)c(OCCOCC[NH+]2C[C@H](C)O[C@@H](C)C2)c(Br)c1. The van der Waals surface area contributed by atoms with E-state index in [0.717, 1.165) is 36.3 Å². The van der Waals surface area contributed by atoms with Gasteiger partial charge in [-0.2, -0.15) is 0 Å². The van der Waals surface area contributed by atoms with Crippen LogP contribution in [0.5, 0.6) is 5.75 Å². The zero-order chi connectivity index (χ0) is 16.8. The van der Waals surface area contributed by atoms with Crippen molar-refractivity contribution in [2.45, 2.75) is 33.0 Å². The zero-order valence-electron chi connectivity index (χ0n) is 14.0. The number of aryl methyl sites for hydroxylation is 1.